The van der Waals surface area contributed by atoms with E-state index < -0.39 is 35.6 Å². The fraction of sp³-hybridized carbons (Fsp3) is 0.286. The molecule has 2 aliphatic heterocycles. The molecule has 2 saturated heterocycles. The molecular formula is C21H22N6O6. The lowest BCUT2D eigenvalue weighted by Gasteiger charge is -2.40. The highest BCUT2D eigenvalue weighted by Crippen LogP contribution is 2.20. The van der Waals surface area contributed by atoms with Crippen molar-refractivity contribution in [1.82, 2.24) is 25.9 Å². The molecular weight excluding hydrogens is 432 g/mol. The zero-order valence-corrected chi connectivity index (χ0v) is 17.7. The molecule has 12 heteroatoms. The summed E-state index contributed by atoms with van der Waals surface area (Å²) in [7, 11) is 1.30. The number of hydrogen-bond donors (Lipinski definition) is 3. The van der Waals surface area contributed by atoms with E-state index in [-0.39, 0.29) is 19.6 Å². The molecule has 2 fully saturated rings. The average molecular weight is 454 g/mol. The molecule has 1 aromatic heterocycles. The topological polar surface area (TPSA) is 146 Å². The molecule has 0 radical (unpaired) electrons. The molecule has 1 aromatic carbocycles. The van der Waals surface area contributed by atoms with Crippen LogP contribution in [0.2, 0.25) is 0 Å². The Balaban J connectivity index is 1.47. The van der Waals surface area contributed by atoms with Crippen LogP contribution in [-0.2, 0) is 14.3 Å². The Hall–Kier alpha value is -4.19. The predicted molar refractivity (Wildman–Crippen MR) is 114 cm³/mol. The quantitative estimate of drug-likeness (QED) is 0.313. The number of amides is 6. The number of hydrazone groups is 1. The van der Waals surface area contributed by atoms with Crippen molar-refractivity contribution < 1.29 is 28.3 Å². The van der Waals surface area contributed by atoms with E-state index in [4.69, 9.17) is 9.15 Å². The number of carbonyl (C=O) groups excluding carboxylic acids is 4. The molecule has 12 nitrogen and oxygen atoms in total. The van der Waals surface area contributed by atoms with Crippen LogP contribution in [0.25, 0.3) is 0 Å². The van der Waals surface area contributed by atoms with Crippen molar-refractivity contribution in [3.63, 3.8) is 0 Å². The summed E-state index contributed by atoms with van der Waals surface area (Å²) >= 11 is 0. The highest BCUT2D eigenvalue weighted by Gasteiger charge is 2.49. The van der Waals surface area contributed by atoms with E-state index in [1.807, 2.05) is 0 Å². The van der Waals surface area contributed by atoms with Gasteiger partial charge in [-0.05, 0) is 17.7 Å². The molecule has 0 aliphatic carbocycles. The minimum Gasteiger partial charge on any atom is -0.463 e. The second-order valence-corrected chi connectivity index (χ2v) is 7.31. The summed E-state index contributed by atoms with van der Waals surface area (Å²) in [6.07, 6.45) is 2.84. The van der Waals surface area contributed by atoms with Crippen molar-refractivity contribution in [2.24, 2.45) is 5.10 Å². The second-order valence-electron chi connectivity index (χ2n) is 7.31. The van der Waals surface area contributed by atoms with Gasteiger partial charge in [0.15, 0.2) is 0 Å². The minimum atomic E-state index is -1.50. The van der Waals surface area contributed by atoms with Gasteiger partial charge >= 0.3 is 12.1 Å². The number of methoxy groups -OCH3 is 1. The number of β-lactam (4-membered cyclic amide) rings is 1. The first-order valence-electron chi connectivity index (χ1n) is 10.1. The maximum absolute atomic E-state index is 13.1. The number of nitrogens with zero attached hydrogens (tertiary/aromatic N) is 3. The fourth-order valence-electron chi connectivity index (χ4n) is 3.37. The van der Waals surface area contributed by atoms with Crippen molar-refractivity contribution in [3.05, 3.63) is 60.1 Å². The number of ether oxygens (including phenoxy) is 1. The monoisotopic (exact) mass is 454 g/mol. The summed E-state index contributed by atoms with van der Waals surface area (Å²) in [6, 6.07) is 9.23. The first kappa shape index (κ1) is 22.0. The molecule has 2 aromatic rings. The molecule has 0 bridgehead atoms. The summed E-state index contributed by atoms with van der Waals surface area (Å²) in [6.45, 7) is 0.350. The van der Waals surface area contributed by atoms with E-state index >= 15 is 0 Å². The number of benzene rings is 1. The van der Waals surface area contributed by atoms with Gasteiger partial charge in [-0.2, -0.15) is 5.10 Å². The second kappa shape index (κ2) is 9.12. The Labute approximate surface area is 188 Å². The molecule has 2 aliphatic rings. The van der Waals surface area contributed by atoms with Gasteiger partial charge in [-0.3, -0.25) is 9.59 Å². The van der Waals surface area contributed by atoms with Crippen LogP contribution in [-0.4, -0.2) is 72.5 Å². The molecule has 0 saturated carbocycles. The van der Waals surface area contributed by atoms with Crippen LogP contribution < -0.4 is 16.0 Å². The average Bonchev–Trinajstić information content (AvgIpc) is 3.48. The van der Waals surface area contributed by atoms with Crippen LogP contribution in [0.5, 0.6) is 0 Å². The molecule has 1 unspecified atom stereocenters. The van der Waals surface area contributed by atoms with Crippen molar-refractivity contribution in [1.29, 1.82) is 0 Å². The number of furan rings is 1. The SMILES string of the molecule is CO[C@@]1(NC(=O)C(NC(=O)N2CCN(N=Cc3ccco3)C2=O)c2ccccc2)CNC1=O. The highest BCUT2D eigenvalue weighted by molar-refractivity contribution is 6.00. The van der Waals surface area contributed by atoms with Gasteiger partial charge in [-0.25, -0.2) is 19.5 Å². The van der Waals surface area contributed by atoms with E-state index in [1.165, 1.54) is 19.6 Å². The maximum Gasteiger partial charge on any atom is 0.348 e. The minimum absolute atomic E-state index is 0.0771. The Kier molecular flexibility index (Phi) is 6.09. The zero-order valence-electron chi connectivity index (χ0n) is 17.7. The molecule has 3 heterocycles. The van der Waals surface area contributed by atoms with Crippen molar-refractivity contribution in [3.8, 4) is 0 Å². The molecule has 33 heavy (non-hydrogen) atoms. The normalized spacial score (nSPS) is 21.0. The number of imide groups is 1. The number of rotatable bonds is 7. The molecule has 0 spiro atoms. The molecule has 3 N–H and O–H groups in total. The van der Waals surface area contributed by atoms with Gasteiger partial charge in [0.2, 0.25) is 11.6 Å². The van der Waals surface area contributed by atoms with Gasteiger partial charge in [0.05, 0.1) is 32.1 Å². The van der Waals surface area contributed by atoms with Gasteiger partial charge in [0, 0.05) is 7.11 Å². The smallest absolute Gasteiger partial charge is 0.348 e. The first-order chi connectivity index (χ1) is 15.9. The lowest BCUT2D eigenvalue weighted by molar-refractivity contribution is -0.167. The third kappa shape index (κ3) is 4.41. The summed E-state index contributed by atoms with van der Waals surface area (Å²) in [5, 5.41) is 12.8. The van der Waals surface area contributed by atoms with Gasteiger partial charge in [0.1, 0.15) is 11.8 Å². The Morgan fingerprint density at radius 2 is 2.00 bits per heavy atom. The van der Waals surface area contributed by atoms with Gasteiger partial charge in [-0.1, -0.05) is 30.3 Å². The van der Waals surface area contributed by atoms with Crippen LogP contribution in [0, 0.1) is 0 Å². The standard InChI is InChI=1S/C21H22N6O6/c1-32-21(13-22-18(21)29)25-17(28)16(14-6-3-2-4-7-14)24-19(30)26-9-10-27(20(26)31)23-12-15-8-5-11-33-15/h2-8,11-12,16H,9-10,13H2,1H3,(H,22,29)(H,24,30)(H,25,28)/t16?,21-/m0/s1. The largest absolute Gasteiger partial charge is 0.463 e. The zero-order chi connectivity index (χ0) is 23.4. The molecule has 6 amide bonds. The van der Waals surface area contributed by atoms with E-state index in [9.17, 15) is 19.2 Å². The Morgan fingerprint density at radius 3 is 2.61 bits per heavy atom. The predicted octanol–water partition coefficient (Wildman–Crippen LogP) is 0.391. The molecule has 172 valence electrons. The number of urea groups is 2. The lowest BCUT2D eigenvalue weighted by atomic mass is 10.0. The number of nitrogens with one attached hydrogen (secondary N) is 3. The van der Waals surface area contributed by atoms with Crippen LogP contribution in [0.15, 0.2) is 58.2 Å². The number of hydrogen-bond acceptors (Lipinski definition) is 7. The summed E-state index contributed by atoms with van der Waals surface area (Å²) in [5.74, 6) is -0.694. The molecule has 2 atom stereocenters. The van der Waals surface area contributed by atoms with Crippen LogP contribution in [0.4, 0.5) is 9.59 Å². The van der Waals surface area contributed by atoms with Crippen molar-refractivity contribution >= 4 is 30.1 Å². The van der Waals surface area contributed by atoms with Crippen LogP contribution in [0.3, 0.4) is 0 Å². The van der Waals surface area contributed by atoms with Gasteiger partial charge < -0.3 is 25.1 Å². The Morgan fingerprint density at radius 1 is 1.21 bits per heavy atom. The van der Waals surface area contributed by atoms with Crippen LogP contribution in [0.1, 0.15) is 17.4 Å². The van der Waals surface area contributed by atoms with E-state index in [0.717, 1.165) is 9.91 Å². The molecule has 4 rings (SSSR count). The van der Waals surface area contributed by atoms with E-state index in [2.05, 4.69) is 21.1 Å². The Bertz CT molecular complexity index is 1070. The summed E-state index contributed by atoms with van der Waals surface area (Å²) in [4.78, 5) is 51.5. The van der Waals surface area contributed by atoms with Crippen LogP contribution >= 0.6 is 0 Å². The summed E-state index contributed by atoms with van der Waals surface area (Å²) < 4.78 is 10.3. The fourth-order valence-corrected chi connectivity index (χ4v) is 3.37. The number of carbonyl (C=O) groups is 4. The van der Waals surface area contributed by atoms with Gasteiger partial charge in [-0.15, -0.1) is 0 Å². The first-order valence-corrected chi connectivity index (χ1v) is 10.1. The highest BCUT2D eigenvalue weighted by atomic mass is 16.5. The van der Waals surface area contributed by atoms with Crippen molar-refractivity contribution in [2.45, 2.75) is 11.8 Å². The maximum atomic E-state index is 13.1. The summed E-state index contributed by atoms with van der Waals surface area (Å²) in [5.41, 5.74) is -1.04. The third-order valence-electron chi connectivity index (χ3n) is 5.30. The van der Waals surface area contributed by atoms with E-state index in [0.29, 0.717) is 11.3 Å². The van der Waals surface area contributed by atoms with E-state index in [1.54, 1.807) is 42.5 Å². The lowest BCUT2D eigenvalue weighted by Crippen LogP contribution is -2.74. The van der Waals surface area contributed by atoms with Crippen molar-refractivity contribution in [2.75, 3.05) is 26.7 Å². The van der Waals surface area contributed by atoms with Gasteiger partial charge in [0.25, 0.3) is 5.91 Å². The third-order valence-corrected chi connectivity index (χ3v) is 5.30.